The number of carbonyl (C=O) groups is 2. The smallest absolute Gasteiger partial charge is 0.303 e. The first-order valence-electron chi connectivity index (χ1n) is 6.81. The Morgan fingerprint density at radius 1 is 1.52 bits per heavy atom. The van der Waals surface area contributed by atoms with E-state index in [9.17, 15) is 19.7 Å². The predicted molar refractivity (Wildman–Crippen MR) is 72.9 cm³/mol. The highest BCUT2D eigenvalue weighted by molar-refractivity contribution is 5.93. The standard InChI is InChI=1S/C13H17N3O5/c17-12(18)4-3-9-2-1-5-15(8-9)13(19)11-6-10(7-14-11)16(20)21/h6-7,9,14H,1-5,8H2,(H,17,18). The number of H-pyrrole nitrogens is 1. The molecule has 1 saturated heterocycles. The Labute approximate surface area is 120 Å². The number of nitrogens with one attached hydrogen (secondary N) is 1. The van der Waals surface area contributed by atoms with Crippen molar-refractivity contribution >= 4 is 17.6 Å². The number of nitro groups is 1. The quantitative estimate of drug-likeness (QED) is 0.632. The zero-order chi connectivity index (χ0) is 15.4. The van der Waals surface area contributed by atoms with Crippen molar-refractivity contribution in [3.05, 3.63) is 28.1 Å². The molecule has 1 amide bonds. The molecular weight excluding hydrogens is 278 g/mol. The van der Waals surface area contributed by atoms with E-state index in [2.05, 4.69) is 4.98 Å². The molecule has 21 heavy (non-hydrogen) atoms. The highest BCUT2D eigenvalue weighted by atomic mass is 16.6. The molecule has 1 aromatic heterocycles. The summed E-state index contributed by atoms with van der Waals surface area (Å²) in [7, 11) is 0. The van der Waals surface area contributed by atoms with Gasteiger partial charge in [0.05, 0.1) is 11.1 Å². The van der Waals surface area contributed by atoms with Gasteiger partial charge in [-0.25, -0.2) is 0 Å². The van der Waals surface area contributed by atoms with Crippen LogP contribution < -0.4 is 0 Å². The number of aromatic amines is 1. The third kappa shape index (κ3) is 3.80. The van der Waals surface area contributed by atoms with Crippen molar-refractivity contribution in [3.63, 3.8) is 0 Å². The summed E-state index contributed by atoms with van der Waals surface area (Å²) in [5.74, 6) is -0.940. The highest BCUT2D eigenvalue weighted by Gasteiger charge is 2.26. The molecule has 2 heterocycles. The number of amides is 1. The van der Waals surface area contributed by atoms with Crippen molar-refractivity contribution in [1.29, 1.82) is 0 Å². The number of piperidine rings is 1. The van der Waals surface area contributed by atoms with Gasteiger partial charge >= 0.3 is 5.97 Å². The number of aliphatic carboxylic acids is 1. The summed E-state index contributed by atoms with van der Waals surface area (Å²) in [5, 5.41) is 19.3. The summed E-state index contributed by atoms with van der Waals surface area (Å²) in [6.45, 7) is 1.09. The van der Waals surface area contributed by atoms with E-state index >= 15 is 0 Å². The normalized spacial score (nSPS) is 18.5. The monoisotopic (exact) mass is 295 g/mol. The largest absolute Gasteiger partial charge is 0.481 e. The Balaban J connectivity index is 1.97. The number of carbonyl (C=O) groups excluding carboxylic acids is 1. The fourth-order valence-electron chi connectivity index (χ4n) is 2.59. The van der Waals surface area contributed by atoms with Gasteiger partial charge in [0.2, 0.25) is 0 Å². The summed E-state index contributed by atoms with van der Waals surface area (Å²) in [6, 6.07) is 1.23. The first-order valence-corrected chi connectivity index (χ1v) is 6.81. The van der Waals surface area contributed by atoms with Crippen molar-refractivity contribution in [2.45, 2.75) is 25.7 Å². The Hall–Kier alpha value is -2.38. The minimum Gasteiger partial charge on any atom is -0.481 e. The molecule has 1 aliphatic rings. The Morgan fingerprint density at radius 2 is 2.29 bits per heavy atom. The van der Waals surface area contributed by atoms with Crippen LogP contribution in [0.4, 0.5) is 5.69 Å². The highest BCUT2D eigenvalue weighted by Crippen LogP contribution is 2.23. The molecule has 2 rings (SSSR count). The van der Waals surface area contributed by atoms with E-state index in [1.807, 2.05) is 0 Å². The van der Waals surface area contributed by atoms with Gasteiger partial charge in [-0.2, -0.15) is 0 Å². The molecule has 114 valence electrons. The average molecular weight is 295 g/mol. The lowest BCUT2D eigenvalue weighted by molar-refractivity contribution is -0.384. The first-order chi connectivity index (χ1) is 9.97. The van der Waals surface area contributed by atoms with Crippen LogP contribution in [0, 0.1) is 16.0 Å². The molecule has 2 N–H and O–H groups in total. The van der Waals surface area contributed by atoms with E-state index in [-0.39, 0.29) is 29.6 Å². The lowest BCUT2D eigenvalue weighted by Gasteiger charge is -2.32. The maximum absolute atomic E-state index is 12.3. The van der Waals surface area contributed by atoms with Crippen molar-refractivity contribution in [2.24, 2.45) is 5.92 Å². The zero-order valence-electron chi connectivity index (χ0n) is 11.4. The molecule has 0 aliphatic carbocycles. The summed E-state index contributed by atoms with van der Waals surface area (Å²) >= 11 is 0. The van der Waals surface area contributed by atoms with Gasteiger partial charge in [-0.1, -0.05) is 0 Å². The van der Waals surface area contributed by atoms with E-state index in [4.69, 9.17) is 5.11 Å². The van der Waals surface area contributed by atoms with Crippen LogP contribution in [-0.2, 0) is 4.79 Å². The van der Waals surface area contributed by atoms with Crippen LogP contribution in [0.25, 0.3) is 0 Å². The number of hydrogen-bond acceptors (Lipinski definition) is 4. The van der Waals surface area contributed by atoms with Crippen molar-refractivity contribution < 1.29 is 19.6 Å². The maximum atomic E-state index is 12.3. The van der Waals surface area contributed by atoms with E-state index in [0.717, 1.165) is 12.8 Å². The number of nitrogens with zero attached hydrogens (tertiary/aromatic N) is 2. The second-order valence-electron chi connectivity index (χ2n) is 5.22. The van der Waals surface area contributed by atoms with Crippen LogP contribution in [0.5, 0.6) is 0 Å². The SMILES string of the molecule is O=C(O)CCC1CCCN(C(=O)c2cc([N+](=O)[O-])c[nH]2)C1. The fraction of sp³-hybridized carbons (Fsp3) is 0.538. The van der Waals surface area contributed by atoms with Crippen LogP contribution in [0.2, 0.25) is 0 Å². The van der Waals surface area contributed by atoms with Crippen LogP contribution in [0.3, 0.4) is 0 Å². The van der Waals surface area contributed by atoms with E-state index in [0.29, 0.717) is 19.5 Å². The summed E-state index contributed by atoms with van der Waals surface area (Å²) in [6.07, 6.45) is 3.56. The molecule has 0 saturated carbocycles. The van der Waals surface area contributed by atoms with Crippen LogP contribution in [-0.4, -0.2) is 44.9 Å². The second kappa shape index (κ2) is 6.38. The lowest BCUT2D eigenvalue weighted by Crippen LogP contribution is -2.40. The third-order valence-electron chi connectivity index (χ3n) is 3.68. The van der Waals surface area contributed by atoms with Gasteiger partial charge in [0.1, 0.15) is 5.69 Å². The van der Waals surface area contributed by atoms with E-state index in [1.54, 1.807) is 4.90 Å². The third-order valence-corrected chi connectivity index (χ3v) is 3.68. The van der Waals surface area contributed by atoms with Crippen LogP contribution in [0.1, 0.15) is 36.2 Å². The lowest BCUT2D eigenvalue weighted by atomic mass is 9.93. The number of carboxylic acids is 1. The number of likely N-dealkylation sites (tertiary alicyclic amines) is 1. The molecule has 0 spiro atoms. The molecule has 1 aliphatic heterocycles. The Morgan fingerprint density at radius 3 is 2.90 bits per heavy atom. The van der Waals surface area contributed by atoms with Crippen molar-refractivity contribution in [1.82, 2.24) is 9.88 Å². The Kier molecular flexibility index (Phi) is 4.56. The van der Waals surface area contributed by atoms with Gasteiger partial charge in [-0.05, 0) is 25.2 Å². The molecule has 0 bridgehead atoms. The molecule has 8 heteroatoms. The van der Waals surface area contributed by atoms with Crippen molar-refractivity contribution in [2.75, 3.05) is 13.1 Å². The zero-order valence-corrected chi connectivity index (χ0v) is 11.4. The van der Waals surface area contributed by atoms with Crippen LogP contribution >= 0.6 is 0 Å². The fourth-order valence-corrected chi connectivity index (χ4v) is 2.59. The van der Waals surface area contributed by atoms with Gasteiger partial charge in [-0.3, -0.25) is 19.7 Å². The predicted octanol–water partition coefficient (Wildman–Crippen LogP) is 1.64. The van der Waals surface area contributed by atoms with Crippen molar-refractivity contribution in [3.8, 4) is 0 Å². The van der Waals surface area contributed by atoms with Gasteiger partial charge in [0.25, 0.3) is 11.6 Å². The van der Waals surface area contributed by atoms with E-state index in [1.165, 1.54) is 12.3 Å². The second-order valence-corrected chi connectivity index (χ2v) is 5.22. The minimum absolute atomic E-state index is 0.0979. The Bertz CT molecular complexity index is 554. The first kappa shape index (κ1) is 15.0. The number of carboxylic acid groups (broad SMARTS) is 1. The van der Waals surface area contributed by atoms with Gasteiger partial charge < -0.3 is 15.0 Å². The molecule has 0 radical (unpaired) electrons. The summed E-state index contributed by atoms with van der Waals surface area (Å²) in [5.41, 5.74) is 0.0540. The topological polar surface area (TPSA) is 117 Å². The van der Waals surface area contributed by atoms with Crippen LogP contribution in [0.15, 0.2) is 12.3 Å². The molecule has 1 atom stereocenters. The minimum atomic E-state index is -0.835. The number of rotatable bonds is 5. The molecular formula is C13H17N3O5. The number of hydrogen-bond donors (Lipinski definition) is 2. The molecule has 1 fully saturated rings. The van der Waals surface area contributed by atoms with Gasteiger partial charge in [0.15, 0.2) is 0 Å². The molecule has 0 aromatic carbocycles. The average Bonchev–Trinajstić information content (AvgIpc) is 2.94. The van der Waals surface area contributed by atoms with Gasteiger partial charge in [-0.15, -0.1) is 0 Å². The molecule has 8 nitrogen and oxygen atoms in total. The summed E-state index contributed by atoms with van der Waals surface area (Å²) < 4.78 is 0. The number of aromatic nitrogens is 1. The van der Waals surface area contributed by atoms with Gasteiger partial charge in [0, 0.05) is 25.6 Å². The summed E-state index contributed by atoms with van der Waals surface area (Å²) in [4.78, 5) is 37.2. The maximum Gasteiger partial charge on any atom is 0.303 e. The molecule has 1 unspecified atom stereocenters. The van der Waals surface area contributed by atoms with E-state index < -0.39 is 10.9 Å². The molecule has 1 aromatic rings.